The number of hydroxylamine groups is 1. The van der Waals surface area contributed by atoms with Gasteiger partial charge in [0.05, 0.1) is 5.02 Å². The van der Waals surface area contributed by atoms with Crippen LogP contribution < -0.4 is 10.8 Å². The predicted molar refractivity (Wildman–Crippen MR) is 60.4 cm³/mol. The number of carbonyl (C=O) groups excluding carboxylic acids is 1. The lowest BCUT2D eigenvalue weighted by Crippen LogP contribution is -2.36. The zero-order chi connectivity index (χ0) is 13.5. The Morgan fingerprint density at radius 2 is 2.17 bits per heavy atom. The predicted octanol–water partition coefficient (Wildman–Crippen LogP) is 1.29. The van der Waals surface area contributed by atoms with E-state index in [-0.39, 0.29) is 11.6 Å². The number of hydrogen-bond donors (Lipinski definition) is 3. The summed E-state index contributed by atoms with van der Waals surface area (Å²) in [6.07, 6.45) is 0. The van der Waals surface area contributed by atoms with Gasteiger partial charge < -0.3 is 10.4 Å². The number of hydrogen-bond acceptors (Lipinski definition) is 3. The van der Waals surface area contributed by atoms with Crippen LogP contribution in [0.1, 0.15) is 5.56 Å². The van der Waals surface area contributed by atoms with Crippen LogP contribution in [0.25, 0.3) is 0 Å². The quantitative estimate of drug-likeness (QED) is 0.707. The highest BCUT2D eigenvalue weighted by Crippen LogP contribution is 2.15. The Morgan fingerprint density at radius 3 is 2.78 bits per heavy atom. The highest BCUT2D eigenvalue weighted by atomic mass is 35.5. The van der Waals surface area contributed by atoms with Gasteiger partial charge in [0.2, 0.25) is 0 Å². The second-order valence-corrected chi connectivity index (χ2v) is 3.62. The average Bonchev–Trinajstić information content (AvgIpc) is 2.30. The molecular formula is C10H10ClFN2O4. The molecular weight excluding hydrogens is 267 g/mol. The Labute approximate surface area is 107 Å². The molecule has 0 aromatic heterocycles. The van der Waals surface area contributed by atoms with Crippen LogP contribution in [0.3, 0.4) is 0 Å². The Morgan fingerprint density at radius 1 is 1.44 bits per heavy atom. The fourth-order valence-electron chi connectivity index (χ4n) is 1.03. The van der Waals surface area contributed by atoms with Gasteiger partial charge in [-0.05, 0) is 17.7 Å². The van der Waals surface area contributed by atoms with Gasteiger partial charge in [-0.3, -0.25) is 4.84 Å². The van der Waals surface area contributed by atoms with E-state index in [4.69, 9.17) is 16.7 Å². The van der Waals surface area contributed by atoms with Crippen molar-refractivity contribution in [3.8, 4) is 0 Å². The van der Waals surface area contributed by atoms with Crippen LogP contribution in [0.15, 0.2) is 18.2 Å². The van der Waals surface area contributed by atoms with Crippen LogP contribution in [0.2, 0.25) is 5.02 Å². The van der Waals surface area contributed by atoms with Crippen LogP contribution in [0.5, 0.6) is 0 Å². The van der Waals surface area contributed by atoms with Crippen molar-refractivity contribution < 1.29 is 23.9 Å². The van der Waals surface area contributed by atoms with E-state index >= 15 is 0 Å². The molecule has 0 atom stereocenters. The molecule has 0 aliphatic rings. The number of aliphatic carboxylic acids is 1. The standard InChI is InChI=1S/C10H10ClFN2O4/c11-7-3-6(1-2-8(7)12)4-13-10(17)14-18-5-9(15)16/h1-3H,4-5H2,(H,15,16)(H2,13,14,17). The summed E-state index contributed by atoms with van der Waals surface area (Å²) in [5.74, 6) is -1.75. The molecule has 18 heavy (non-hydrogen) atoms. The maximum Gasteiger partial charge on any atom is 0.338 e. The second-order valence-electron chi connectivity index (χ2n) is 3.22. The van der Waals surface area contributed by atoms with E-state index in [1.54, 1.807) is 0 Å². The summed E-state index contributed by atoms with van der Waals surface area (Å²) in [6, 6.07) is 3.30. The van der Waals surface area contributed by atoms with Gasteiger partial charge >= 0.3 is 12.0 Å². The molecule has 6 nitrogen and oxygen atoms in total. The topological polar surface area (TPSA) is 87.7 Å². The van der Waals surface area contributed by atoms with Crippen molar-refractivity contribution >= 4 is 23.6 Å². The molecule has 0 aliphatic carbocycles. The number of benzene rings is 1. The summed E-state index contributed by atoms with van der Waals surface area (Å²) in [7, 11) is 0. The van der Waals surface area contributed by atoms with Crippen molar-refractivity contribution in [3.63, 3.8) is 0 Å². The van der Waals surface area contributed by atoms with E-state index in [1.165, 1.54) is 18.2 Å². The largest absolute Gasteiger partial charge is 0.479 e. The number of carboxylic acids is 1. The molecule has 1 aromatic rings. The number of rotatable bonds is 5. The van der Waals surface area contributed by atoms with Gasteiger partial charge in [-0.1, -0.05) is 17.7 Å². The molecule has 0 heterocycles. The molecule has 8 heteroatoms. The third-order valence-corrected chi connectivity index (χ3v) is 2.09. The minimum absolute atomic E-state index is 0.0446. The third kappa shape index (κ3) is 4.98. The molecule has 0 saturated heterocycles. The lowest BCUT2D eigenvalue weighted by atomic mass is 10.2. The zero-order valence-corrected chi connectivity index (χ0v) is 9.83. The number of carboxylic acid groups (broad SMARTS) is 1. The smallest absolute Gasteiger partial charge is 0.338 e. The minimum atomic E-state index is -1.21. The van der Waals surface area contributed by atoms with Gasteiger partial charge in [0.25, 0.3) is 0 Å². The Hall–Kier alpha value is -1.86. The average molecular weight is 277 g/mol. The van der Waals surface area contributed by atoms with E-state index < -0.39 is 24.4 Å². The van der Waals surface area contributed by atoms with Gasteiger partial charge in [0, 0.05) is 6.54 Å². The Kier molecular flexibility index (Phi) is 5.34. The highest BCUT2D eigenvalue weighted by molar-refractivity contribution is 6.30. The van der Waals surface area contributed by atoms with Gasteiger partial charge in [-0.2, -0.15) is 0 Å². The van der Waals surface area contributed by atoms with Crippen LogP contribution in [0.4, 0.5) is 9.18 Å². The molecule has 0 bridgehead atoms. The normalized spacial score (nSPS) is 9.89. The van der Waals surface area contributed by atoms with Gasteiger partial charge in [0.15, 0.2) is 6.61 Å². The molecule has 98 valence electrons. The third-order valence-electron chi connectivity index (χ3n) is 1.80. The van der Waals surface area contributed by atoms with Crippen LogP contribution >= 0.6 is 11.6 Å². The summed E-state index contributed by atoms with van der Waals surface area (Å²) in [5, 5.41) is 10.6. The molecule has 0 fully saturated rings. The van der Waals surface area contributed by atoms with Gasteiger partial charge in [0.1, 0.15) is 5.82 Å². The van der Waals surface area contributed by atoms with E-state index in [0.717, 1.165) is 0 Å². The first-order chi connectivity index (χ1) is 8.49. The molecule has 0 unspecified atom stereocenters. The van der Waals surface area contributed by atoms with Crippen molar-refractivity contribution in [1.29, 1.82) is 0 Å². The summed E-state index contributed by atoms with van der Waals surface area (Å²) >= 11 is 5.55. The lowest BCUT2D eigenvalue weighted by Gasteiger charge is -2.07. The molecule has 0 aliphatic heterocycles. The summed E-state index contributed by atoms with van der Waals surface area (Å²) in [4.78, 5) is 25.5. The van der Waals surface area contributed by atoms with Crippen LogP contribution in [0, 0.1) is 5.82 Å². The van der Waals surface area contributed by atoms with Gasteiger partial charge in [-0.25, -0.2) is 19.5 Å². The van der Waals surface area contributed by atoms with Crippen molar-refractivity contribution in [2.75, 3.05) is 6.61 Å². The number of carbonyl (C=O) groups is 2. The SMILES string of the molecule is O=C(O)CONC(=O)NCc1ccc(F)c(Cl)c1. The first-order valence-electron chi connectivity index (χ1n) is 4.80. The minimum Gasteiger partial charge on any atom is -0.479 e. The van der Waals surface area contributed by atoms with Crippen molar-refractivity contribution in [2.24, 2.45) is 0 Å². The number of urea groups is 1. The molecule has 0 radical (unpaired) electrons. The summed E-state index contributed by atoms with van der Waals surface area (Å²) < 4.78 is 12.8. The first kappa shape index (κ1) is 14.2. The van der Waals surface area contributed by atoms with E-state index in [2.05, 4.69) is 10.2 Å². The molecule has 1 aromatic carbocycles. The lowest BCUT2D eigenvalue weighted by molar-refractivity contribution is -0.144. The Bertz CT molecular complexity index is 456. The maximum atomic E-state index is 12.8. The number of nitrogens with one attached hydrogen (secondary N) is 2. The number of amides is 2. The Balaban J connectivity index is 2.33. The van der Waals surface area contributed by atoms with E-state index in [0.29, 0.717) is 5.56 Å². The van der Waals surface area contributed by atoms with E-state index in [1.807, 2.05) is 5.48 Å². The molecule has 3 N–H and O–H groups in total. The molecule has 1 rings (SSSR count). The fourth-order valence-corrected chi connectivity index (χ4v) is 1.23. The van der Waals surface area contributed by atoms with Crippen molar-refractivity contribution in [3.05, 3.63) is 34.6 Å². The zero-order valence-electron chi connectivity index (χ0n) is 9.07. The second kappa shape index (κ2) is 6.77. The molecule has 2 amide bonds. The molecule has 0 saturated carbocycles. The number of halogens is 2. The van der Waals surface area contributed by atoms with Crippen LogP contribution in [-0.4, -0.2) is 23.7 Å². The van der Waals surface area contributed by atoms with Crippen molar-refractivity contribution in [2.45, 2.75) is 6.54 Å². The monoisotopic (exact) mass is 276 g/mol. The summed E-state index contributed by atoms with van der Waals surface area (Å²) in [5.41, 5.74) is 2.46. The van der Waals surface area contributed by atoms with Gasteiger partial charge in [-0.15, -0.1) is 0 Å². The molecule has 0 spiro atoms. The highest BCUT2D eigenvalue weighted by Gasteiger charge is 2.04. The maximum absolute atomic E-state index is 12.8. The fraction of sp³-hybridized carbons (Fsp3) is 0.200. The summed E-state index contributed by atoms with van der Waals surface area (Å²) in [6.45, 7) is -0.544. The van der Waals surface area contributed by atoms with E-state index in [9.17, 15) is 14.0 Å². The van der Waals surface area contributed by atoms with Crippen molar-refractivity contribution in [1.82, 2.24) is 10.8 Å². The van der Waals surface area contributed by atoms with Crippen LogP contribution in [-0.2, 0) is 16.2 Å². The first-order valence-corrected chi connectivity index (χ1v) is 5.18.